The van der Waals surface area contributed by atoms with Gasteiger partial charge in [0.2, 0.25) is 11.8 Å². The van der Waals surface area contributed by atoms with Crippen LogP contribution in [0.3, 0.4) is 0 Å². The van der Waals surface area contributed by atoms with Gasteiger partial charge in [-0.25, -0.2) is 0 Å². The van der Waals surface area contributed by atoms with Crippen molar-refractivity contribution in [2.75, 3.05) is 58.7 Å². The number of rotatable bonds is 15. The van der Waals surface area contributed by atoms with Gasteiger partial charge in [-0.2, -0.15) is 5.06 Å². The average molecular weight is 799 g/mol. The Morgan fingerprint density at radius 3 is 2.34 bits per heavy atom. The first kappa shape index (κ1) is 43.1. The number of fused-ring (bicyclic) bond motifs is 2. The molecule has 7 rings (SSSR count). The van der Waals surface area contributed by atoms with E-state index < -0.39 is 36.1 Å². The number of nitrogens with one attached hydrogen (secondary N) is 3. The van der Waals surface area contributed by atoms with E-state index in [2.05, 4.69) is 36.7 Å². The van der Waals surface area contributed by atoms with Gasteiger partial charge in [-0.1, -0.05) is 57.2 Å². The number of nitrogens with zero attached hydrogens (tertiary/aromatic N) is 3. The number of methoxy groups -OCH3 is 1. The van der Waals surface area contributed by atoms with Crippen LogP contribution in [-0.2, 0) is 21.0 Å². The lowest BCUT2D eigenvalue weighted by Gasteiger charge is -2.62. The lowest BCUT2D eigenvalue weighted by molar-refractivity contribution is -0.183. The summed E-state index contributed by atoms with van der Waals surface area (Å²) in [4.78, 5) is 51.7. The molecule has 3 saturated carbocycles. The summed E-state index contributed by atoms with van der Waals surface area (Å²) >= 11 is 0. The first-order valence-corrected chi connectivity index (χ1v) is 20.4. The number of amides is 3. The summed E-state index contributed by atoms with van der Waals surface area (Å²) in [5.74, 6) is 0.263. The van der Waals surface area contributed by atoms with Crippen LogP contribution in [0.5, 0.6) is 5.75 Å². The van der Waals surface area contributed by atoms with Crippen molar-refractivity contribution in [3.63, 3.8) is 0 Å². The highest BCUT2D eigenvalue weighted by molar-refractivity contribution is 6.02. The van der Waals surface area contributed by atoms with E-state index in [1.54, 1.807) is 43.4 Å². The van der Waals surface area contributed by atoms with Gasteiger partial charge in [0.05, 0.1) is 26.4 Å². The van der Waals surface area contributed by atoms with Gasteiger partial charge in [0, 0.05) is 60.7 Å². The van der Waals surface area contributed by atoms with E-state index in [-0.39, 0.29) is 43.0 Å². The second kappa shape index (κ2) is 17.8. The molecular formula is C45H62N6O7. The SMILES string of the molecule is COc1c(CN2O[C@@H](CO)[C@@H]([C@H](C)O)[C@H]2C(=O)N[C@H]2C[C@H]3C[C@@H]([C@@H]2C)C3(C)C)cccc1-c1cc(C(=O)N[C@H](CN(C)C)C(=O)Nc2ccccc2)cc(N(C)C)c1. The zero-order valence-corrected chi connectivity index (χ0v) is 35.4. The highest BCUT2D eigenvalue weighted by Crippen LogP contribution is 2.61. The highest BCUT2D eigenvalue weighted by atomic mass is 16.7. The smallest absolute Gasteiger partial charge is 0.252 e. The number of hydrogen-bond donors (Lipinski definition) is 5. The molecule has 2 bridgehead atoms. The van der Waals surface area contributed by atoms with Crippen LogP contribution in [0.15, 0.2) is 66.7 Å². The number of aliphatic hydroxyl groups is 2. The van der Waals surface area contributed by atoms with Crippen molar-refractivity contribution in [2.45, 2.75) is 77.4 Å². The molecule has 4 fully saturated rings. The van der Waals surface area contributed by atoms with Crippen molar-refractivity contribution in [3.8, 4) is 16.9 Å². The molecule has 0 spiro atoms. The van der Waals surface area contributed by atoms with Crippen LogP contribution in [0.1, 0.15) is 56.5 Å². The number of carbonyl (C=O) groups is 3. The van der Waals surface area contributed by atoms with Gasteiger partial charge < -0.3 is 40.7 Å². The molecule has 5 N–H and O–H groups in total. The molecule has 1 aliphatic heterocycles. The summed E-state index contributed by atoms with van der Waals surface area (Å²) in [5, 5.41) is 32.1. The topological polar surface area (TPSA) is 156 Å². The zero-order valence-electron chi connectivity index (χ0n) is 35.4. The maximum absolute atomic E-state index is 14.3. The van der Waals surface area contributed by atoms with E-state index in [1.807, 2.05) is 80.5 Å². The van der Waals surface area contributed by atoms with Crippen molar-refractivity contribution in [1.82, 2.24) is 20.6 Å². The maximum atomic E-state index is 14.3. The van der Waals surface area contributed by atoms with Crippen molar-refractivity contribution in [3.05, 3.63) is 77.9 Å². The van der Waals surface area contributed by atoms with Crippen LogP contribution >= 0.6 is 0 Å². The average Bonchev–Trinajstić information content (AvgIpc) is 3.56. The Balaban J connectivity index is 1.28. The van der Waals surface area contributed by atoms with Crippen molar-refractivity contribution < 1.29 is 34.2 Å². The Bertz CT molecular complexity index is 1940. The second-order valence-corrected chi connectivity index (χ2v) is 17.5. The maximum Gasteiger partial charge on any atom is 0.252 e. The molecule has 3 amide bonds. The third-order valence-corrected chi connectivity index (χ3v) is 12.9. The van der Waals surface area contributed by atoms with Gasteiger partial charge >= 0.3 is 0 Å². The number of anilines is 2. The van der Waals surface area contributed by atoms with Crippen LogP contribution in [-0.4, -0.2) is 117 Å². The fraction of sp³-hybridized carbons (Fsp3) is 0.533. The normalized spacial score (nSPS) is 26.0. The molecule has 0 radical (unpaired) electrons. The van der Waals surface area contributed by atoms with E-state index in [1.165, 1.54) is 6.42 Å². The molecular weight excluding hydrogens is 737 g/mol. The number of benzene rings is 3. The quantitative estimate of drug-likeness (QED) is 0.150. The Morgan fingerprint density at radius 2 is 1.74 bits per heavy atom. The minimum atomic E-state index is -0.928. The molecule has 13 nitrogen and oxygen atoms in total. The summed E-state index contributed by atoms with van der Waals surface area (Å²) in [7, 11) is 9.04. The Hall–Kier alpha value is -4.53. The summed E-state index contributed by atoms with van der Waals surface area (Å²) in [6.45, 7) is 8.54. The standard InChI is InChI=1S/C45H62N6O7/c1-26-35-21-31(45(35,3)4)22-36(26)47-44(56)40-39(27(2)53)38(25-52)58-51(40)23-28-14-13-17-34(41(28)57-9)29-18-30(20-33(19-29)50(7)8)42(54)48-37(24-49(5)6)43(55)46-32-15-11-10-12-16-32/h10-20,26-27,31,35-40,52-53H,21-25H2,1-9H3,(H,46,55)(H,47,56)(H,48,54)/t26-,27-,31+,35-,36-,37+,38-,39+,40-/m0/s1. The predicted octanol–water partition coefficient (Wildman–Crippen LogP) is 4.39. The third-order valence-electron chi connectivity index (χ3n) is 12.9. The van der Waals surface area contributed by atoms with Gasteiger partial charge in [-0.15, -0.1) is 0 Å². The van der Waals surface area contributed by atoms with E-state index in [0.29, 0.717) is 51.4 Å². The molecule has 3 aliphatic carbocycles. The van der Waals surface area contributed by atoms with Crippen LogP contribution in [0.25, 0.3) is 11.1 Å². The molecule has 13 heteroatoms. The van der Waals surface area contributed by atoms with Gasteiger partial charge in [-0.05, 0) is 92.9 Å². The molecule has 0 aromatic heterocycles. The molecule has 0 unspecified atom stereocenters. The Labute approximate surface area is 343 Å². The lowest BCUT2D eigenvalue weighted by Crippen LogP contribution is -2.62. The number of para-hydroxylation sites is 2. The van der Waals surface area contributed by atoms with E-state index in [4.69, 9.17) is 9.57 Å². The highest BCUT2D eigenvalue weighted by Gasteiger charge is 2.57. The van der Waals surface area contributed by atoms with Crippen molar-refractivity contribution in [1.29, 1.82) is 0 Å². The number of likely N-dealkylation sites (N-methyl/N-ethyl adjacent to an activating group) is 1. The lowest BCUT2D eigenvalue weighted by atomic mass is 9.45. The molecule has 9 atom stereocenters. The molecule has 3 aromatic rings. The van der Waals surface area contributed by atoms with Gasteiger partial charge in [0.15, 0.2) is 0 Å². The van der Waals surface area contributed by atoms with Crippen LogP contribution in [0.4, 0.5) is 11.4 Å². The molecule has 58 heavy (non-hydrogen) atoms. The number of hydrogen-bond acceptors (Lipinski definition) is 10. The Kier molecular flexibility index (Phi) is 13.2. The monoisotopic (exact) mass is 798 g/mol. The third kappa shape index (κ3) is 8.89. The van der Waals surface area contributed by atoms with Gasteiger partial charge in [0.1, 0.15) is 23.9 Å². The Morgan fingerprint density at radius 1 is 1.02 bits per heavy atom. The summed E-state index contributed by atoms with van der Waals surface area (Å²) in [6, 6.07) is 18.6. The number of ether oxygens (including phenoxy) is 1. The fourth-order valence-electron chi connectivity index (χ4n) is 9.54. The van der Waals surface area contributed by atoms with E-state index in [0.717, 1.165) is 12.1 Å². The number of carbonyl (C=O) groups excluding carboxylic acids is 3. The fourth-order valence-corrected chi connectivity index (χ4v) is 9.54. The van der Waals surface area contributed by atoms with Crippen LogP contribution < -0.4 is 25.6 Å². The van der Waals surface area contributed by atoms with E-state index in [9.17, 15) is 24.6 Å². The zero-order chi connectivity index (χ0) is 42.1. The summed E-state index contributed by atoms with van der Waals surface area (Å²) < 4.78 is 6.08. The van der Waals surface area contributed by atoms with Crippen molar-refractivity contribution >= 4 is 29.1 Å². The largest absolute Gasteiger partial charge is 0.496 e. The van der Waals surface area contributed by atoms with Gasteiger partial charge in [0.25, 0.3) is 5.91 Å². The summed E-state index contributed by atoms with van der Waals surface area (Å²) in [5.41, 5.74) is 4.12. The first-order chi connectivity index (χ1) is 27.5. The minimum Gasteiger partial charge on any atom is -0.496 e. The number of hydroxylamine groups is 2. The van der Waals surface area contributed by atoms with Crippen LogP contribution in [0, 0.1) is 29.1 Å². The number of aliphatic hydroxyl groups excluding tert-OH is 2. The predicted molar refractivity (Wildman–Crippen MR) is 225 cm³/mol. The summed E-state index contributed by atoms with van der Waals surface area (Å²) in [6.07, 6.45) is 0.378. The molecule has 4 aliphatic rings. The van der Waals surface area contributed by atoms with E-state index >= 15 is 0 Å². The first-order valence-electron chi connectivity index (χ1n) is 20.4. The molecule has 314 valence electrons. The molecule has 3 aromatic carbocycles. The van der Waals surface area contributed by atoms with Crippen molar-refractivity contribution in [2.24, 2.45) is 29.1 Å². The van der Waals surface area contributed by atoms with Gasteiger partial charge in [-0.3, -0.25) is 19.2 Å². The second-order valence-electron chi connectivity index (χ2n) is 17.5. The minimum absolute atomic E-state index is 0.0126. The van der Waals surface area contributed by atoms with Crippen LogP contribution in [0.2, 0.25) is 0 Å². The molecule has 1 saturated heterocycles. The molecule has 1 heterocycles.